The number of carbonyl (C=O) groups excluding carboxylic acids is 2. The van der Waals surface area contributed by atoms with Gasteiger partial charge in [-0.25, -0.2) is 4.79 Å². The highest BCUT2D eigenvalue weighted by molar-refractivity contribution is 5.98. The van der Waals surface area contributed by atoms with E-state index in [-0.39, 0.29) is 17.5 Å². The molecule has 4 aliphatic rings. The molecule has 1 aromatic rings. The second-order valence-electron chi connectivity index (χ2n) is 9.33. The third-order valence-electron chi connectivity index (χ3n) is 6.80. The van der Waals surface area contributed by atoms with Gasteiger partial charge in [-0.05, 0) is 88.7 Å². The van der Waals surface area contributed by atoms with Crippen LogP contribution in [0.2, 0.25) is 0 Å². The molecule has 0 heterocycles. The molecule has 4 saturated carbocycles. The fourth-order valence-electron chi connectivity index (χ4n) is 6.03. The van der Waals surface area contributed by atoms with Crippen molar-refractivity contribution in [2.75, 3.05) is 5.32 Å². The van der Waals surface area contributed by atoms with Crippen LogP contribution in [0.3, 0.4) is 0 Å². The zero-order chi connectivity index (χ0) is 19.2. The van der Waals surface area contributed by atoms with Crippen molar-refractivity contribution in [3.63, 3.8) is 0 Å². The molecule has 0 saturated heterocycles. The molecule has 0 aliphatic heterocycles. The van der Waals surface area contributed by atoms with Crippen molar-refractivity contribution < 1.29 is 9.59 Å². The quantitative estimate of drug-likeness (QED) is 0.754. The molecule has 0 spiro atoms. The van der Waals surface area contributed by atoms with E-state index in [9.17, 15) is 9.59 Å². The number of rotatable bonds is 4. The standard InChI is InChI=1S/C22H31N3O2/c1-13-4-5-19(14(2)6-13)23-15(3)20(26)24-21(27)25-22-10-16-7-17(11-22)9-18(8-16)12-22/h4-6,15-18,23H,7-12H2,1-3H3,(H2,24,25,26,27)/t15-,16?,17?,18?,22?/m1/s1. The molecular weight excluding hydrogens is 338 g/mol. The van der Waals surface area contributed by atoms with E-state index in [0.717, 1.165) is 48.3 Å². The molecule has 4 aliphatic carbocycles. The molecule has 0 aromatic heterocycles. The molecule has 3 amide bonds. The predicted octanol–water partition coefficient (Wildman–Crippen LogP) is 3.90. The Kier molecular flexibility index (Phi) is 4.65. The summed E-state index contributed by atoms with van der Waals surface area (Å²) < 4.78 is 0. The van der Waals surface area contributed by atoms with E-state index in [1.807, 2.05) is 26.0 Å². The van der Waals surface area contributed by atoms with Crippen LogP contribution in [-0.4, -0.2) is 23.5 Å². The summed E-state index contributed by atoms with van der Waals surface area (Å²) in [6.45, 7) is 5.84. The minimum absolute atomic E-state index is 0.0800. The molecule has 4 fully saturated rings. The van der Waals surface area contributed by atoms with Gasteiger partial charge in [0, 0.05) is 11.2 Å². The highest BCUT2D eigenvalue weighted by Gasteiger charge is 2.51. The zero-order valence-corrected chi connectivity index (χ0v) is 16.6. The molecule has 5 rings (SSSR count). The summed E-state index contributed by atoms with van der Waals surface area (Å²) in [7, 11) is 0. The number of amides is 3. The number of benzene rings is 1. The first-order valence-electron chi connectivity index (χ1n) is 10.3. The molecule has 1 aromatic carbocycles. The highest BCUT2D eigenvalue weighted by Crippen LogP contribution is 2.55. The summed E-state index contributed by atoms with van der Waals surface area (Å²) in [6, 6.07) is 5.25. The Balaban J connectivity index is 1.33. The van der Waals surface area contributed by atoms with Crippen LogP contribution in [0.15, 0.2) is 18.2 Å². The fraction of sp³-hybridized carbons (Fsp3) is 0.636. The Labute approximate surface area is 161 Å². The second-order valence-corrected chi connectivity index (χ2v) is 9.33. The third kappa shape index (κ3) is 3.83. The van der Waals surface area contributed by atoms with Crippen molar-refractivity contribution >= 4 is 17.6 Å². The largest absolute Gasteiger partial charge is 0.374 e. The van der Waals surface area contributed by atoms with Crippen LogP contribution >= 0.6 is 0 Å². The molecule has 4 bridgehead atoms. The van der Waals surface area contributed by atoms with E-state index >= 15 is 0 Å². The van der Waals surface area contributed by atoms with Crippen LogP contribution in [0.5, 0.6) is 0 Å². The first kappa shape index (κ1) is 18.3. The lowest BCUT2D eigenvalue weighted by Gasteiger charge is -2.56. The topological polar surface area (TPSA) is 70.2 Å². The lowest BCUT2D eigenvalue weighted by molar-refractivity contribution is -0.120. The number of aryl methyl sites for hydroxylation is 2. The maximum Gasteiger partial charge on any atom is 0.321 e. The van der Waals surface area contributed by atoms with Crippen LogP contribution in [0, 0.1) is 31.6 Å². The number of imide groups is 1. The van der Waals surface area contributed by atoms with E-state index in [0.29, 0.717) is 0 Å². The van der Waals surface area contributed by atoms with Gasteiger partial charge in [0.25, 0.3) is 0 Å². The van der Waals surface area contributed by atoms with Crippen molar-refractivity contribution in [1.82, 2.24) is 10.6 Å². The first-order chi connectivity index (χ1) is 12.8. The Hall–Kier alpha value is -2.04. The third-order valence-corrected chi connectivity index (χ3v) is 6.80. The number of nitrogens with one attached hydrogen (secondary N) is 3. The number of hydrogen-bond donors (Lipinski definition) is 3. The SMILES string of the molecule is Cc1ccc(N[C@H](C)C(=O)NC(=O)NC23CC4CC(CC(C4)C2)C3)c(C)c1. The Bertz CT molecular complexity index is 723. The van der Waals surface area contributed by atoms with Gasteiger partial charge in [0.2, 0.25) is 5.91 Å². The van der Waals surface area contributed by atoms with Gasteiger partial charge in [-0.2, -0.15) is 0 Å². The van der Waals surface area contributed by atoms with Crippen molar-refractivity contribution in [2.45, 2.75) is 70.9 Å². The molecule has 146 valence electrons. The average molecular weight is 370 g/mol. The number of carbonyl (C=O) groups is 2. The molecule has 27 heavy (non-hydrogen) atoms. The molecule has 0 unspecified atom stereocenters. The minimum Gasteiger partial charge on any atom is -0.374 e. The monoisotopic (exact) mass is 369 g/mol. The first-order valence-corrected chi connectivity index (χ1v) is 10.3. The van der Waals surface area contributed by atoms with Gasteiger partial charge in [0.1, 0.15) is 6.04 Å². The summed E-state index contributed by atoms with van der Waals surface area (Å²) in [5.74, 6) is 1.99. The van der Waals surface area contributed by atoms with Crippen LogP contribution in [-0.2, 0) is 4.79 Å². The summed E-state index contributed by atoms with van der Waals surface area (Å²) in [4.78, 5) is 25.0. The minimum atomic E-state index is -0.478. The fourth-order valence-corrected chi connectivity index (χ4v) is 6.03. The predicted molar refractivity (Wildman–Crippen MR) is 107 cm³/mol. The summed E-state index contributed by atoms with van der Waals surface area (Å²) in [5, 5.41) is 8.96. The summed E-state index contributed by atoms with van der Waals surface area (Å²) >= 11 is 0. The van der Waals surface area contributed by atoms with Crippen molar-refractivity contribution in [1.29, 1.82) is 0 Å². The van der Waals surface area contributed by atoms with Crippen molar-refractivity contribution in [3.8, 4) is 0 Å². The Morgan fingerprint density at radius 1 is 1.04 bits per heavy atom. The van der Waals surface area contributed by atoms with Gasteiger partial charge in [0.15, 0.2) is 0 Å². The van der Waals surface area contributed by atoms with Crippen LogP contribution in [0.1, 0.15) is 56.6 Å². The molecule has 3 N–H and O–H groups in total. The maximum absolute atomic E-state index is 12.5. The van der Waals surface area contributed by atoms with Gasteiger partial charge in [-0.15, -0.1) is 0 Å². The van der Waals surface area contributed by atoms with Gasteiger partial charge < -0.3 is 10.6 Å². The summed E-state index contributed by atoms with van der Waals surface area (Å²) in [5.41, 5.74) is 3.12. The lowest BCUT2D eigenvalue weighted by Crippen LogP contribution is -2.62. The van der Waals surface area contributed by atoms with E-state index in [1.54, 1.807) is 6.92 Å². The van der Waals surface area contributed by atoms with Crippen LogP contribution in [0.4, 0.5) is 10.5 Å². The van der Waals surface area contributed by atoms with E-state index in [2.05, 4.69) is 22.0 Å². The number of anilines is 1. The smallest absolute Gasteiger partial charge is 0.321 e. The van der Waals surface area contributed by atoms with Gasteiger partial charge in [0.05, 0.1) is 0 Å². The van der Waals surface area contributed by atoms with Gasteiger partial charge in [-0.1, -0.05) is 17.7 Å². The molecule has 5 heteroatoms. The number of hydrogen-bond acceptors (Lipinski definition) is 3. The lowest BCUT2D eigenvalue weighted by atomic mass is 9.53. The summed E-state index contributed by atoms with van der Waals surface area (Å²) in [6.07, 6.45) is 7.24. The van der Waals surface area contributed by atoms with Crippen LogP contribution < -0.4 is 16.0 Å². The average Bonchev–Trinajstić information content (AvgIpc) is 2.55. The van der Waals surface area contributed by atoms with E-state index in [1.165, 1.54) is 24.8 Å². The van der Waals surface area contributed by atoms with E-state index < -0.39 is 6.04 Å². The normalized spacial score (nSPS) is 32.0. The Morgan fingerprint density at radius 2 is 1.63 bits per heavy atom. The Morgan fingerprint density at radius 3 is 2.19 bits per heavy atom. The van der Waals surface area contributed by atoms with Crippen molar-refractivity contribution in [3.05, 3.63) is 29.3 Å². The van der Waals surface area contributed by atoms with Crippen molar-refractivity contribution in [2.24, 2.45) is 17.8 Å². The zero-order valence-electron chi connectivity index (χ0n) is 16.6. The molecular formula is C22H31N3O2. The maximum atomic E-state index is 12.5. The molecule has 1 atom stereocenters. The molecule has 5 nitrogen and oxygen atoms in total. The number of urea groups is 1. The van der Waals surface area contributed by atoms with Crippen LogP contribution in [0.25, 0.3) is 0 Å². The molecule has 0 radical (unpaired) electrons. The second kappa shape index (κ2) is 6.84. The van der Waals surface area contributed by atoms with Gasteiger partial charge in [-0.3, -0.25) is 10.1 Å². The van der Waals surface area contributed by atoms with E-state index in [4.69, 9.17) is 0 Å². The highest BCUT2D eigenvalue weighted by atomic mass is 16.2. The van der Waals surface area contributed by atoms with Gasteiger partial charge >= 0.3 is 6.03 Å².